The molecule has 1 aliphatic rings. The SMILES string of the molecule is CC(C)(C)[Si](F)(c1ccc(C(=O)NC[C@@H](NC(=O)CC[C@@H](C(=O)O)N2CCN(CC(=O)O)CCN(CC(=O)O)CCN(CC(=O)O)CC2)C(=O)N[C@H](CCCCNC(=O)CCC(=O)NCCC[C@@H](NC(=O)CC[C@H](NC(=O)N[C@@H](CCCC(=O)O)C(=O)O)C(=O)O)C(=O)O)C(=O)O)cc1)C(C)(C)C. The lowest BCUT2D eigenvalue weighted by molar-refractivity contribution is -0.145. The molecule has 1 saturated heterocycles. The number of benzene rings is 1. The maximum atomic E-state index is 17.1. The van der Waals surface area contributed by atoms with Crippen LogP contribution < -0.4 is 47.7 Å². The third kappa shape index (κ3) is 33.9. The van der Waals surface area contributed by atoms with Crippen LogP contribution in [0, 0.1) is 0 Å². The summed E-state index contributed by atoms with van der Waals surface area (Å²) >= 11 is 0. The molecule has 8 amide bonds. The van der Waals surface area contributed by atoms with E-state index in [0.29, 0.717) is 5.19 Å². The summed E-state index contributed by atoms with van der Waals surface area (Å²) in [7, 11) is -3.77. The lowest BCUT2D eigenvalue weighted by atomic mass is 10.1. The highest BCUT2D eigenvalue weighted by atomic mass is 28.4. The molecule has 37 nitrogen and oxygen atoms in total. The summed E-state index contributed by atoms with van der Waals surface area (Å²) in [6.45, 7) is 8.45. The molecule has 1 heterocycles. The molecular weight excluding hydrogens is 1380 g/mol. The average Bonchev–Trinajstić information content (AvgIpc) is 0.748. The molecule has 0 bridgehead atoms. The summed E-state index contributed by atoms with van der Waals surface area (Å²) in [4.78, 5) is 205. The van der Waals surface area contributed by atoms with Crippen LogP contribution in [0.1, 0.15) is 142 Å². The third-order valence-corrected chi connectivity index (χ3v) is 22.1. The van der Waals surface area contributed by atoms with Crippen molar-refractivity contribution in [1.29, 1.82) is 0 Å². The minimum Gasteiger partial charge on any atom is -0.481 e. The van der Waals surface area contributed by atoms with Gasteiger partial charge >= 0.3 is 59.8 Å². The van der Waals surface area contributed by atoms with Gasteiger partial charge < -0.3 is 92.6 Å². The second-order valence-corrected chi connectivity index (χ2v) is 31.8. The van der Waals surface area contributed by atoms with Crippen molar-refractivity contribution in [2.75, 3.05) is 91.6 Å². The van der Waals surface area contributed by atoms with Crippen LogP contribution in [-0.4, -0.2) is 297 Å². The summed E-state index contributed by atoms with van der Waals surface area (Å²) in [5.41, 5.74) is 0.0386. The number of hydrogen-bond donors (Lipinski definition) is 17. The van der Waals surface area contributed by atoms with E-state index in [1.165, 1.54) is 43.9 Å². The quantitative estimate of drug-likeness (QED) is 0.0205. The summed E-state index contributed by atoms with van der Waals surface area (Å²) < 4.78 is 17.1. The van der Waals surface area contributed by atoms with Crippen molar-refractivity contribution >= 4 is 109 Å². The maximum Gasteiger partial charge on any atom is 0.326 e. The number of hydrogen-bond acceptors (Lipinski definition) is 20. The number of unbranched alkanes of at least 4 members (excludes halogenated alkanes) is 1. The van der Waals surface area contributed by atoms with Crippen LogP contribution in [0.25, 0.3) is 0 Å². The van der Waals surface area contributed by atoms with Crippen molar-refractivity contribution in [3.8, 4) is 0 Å². The predicted octanol–water partition coefficient (Wildman–Crippen LogP) is -1.33. The Morgan fingerprint density at radius 3 is 1.22 bits per heavy atom. The van der Waals surface area contributed by atoms with Crippen molar-refractivity contribution in [3.63, 3.8) is 0 Å². The lowest BCUT2D eigenvalue weighted by Gasteiger charge is -2.44. The molecule has 1 aliphatic heterocycles. The van der Waals surface area contributed by atoms with Gasteiger partial charge in [-0.1, -0.05) is 53.7 Å². The molecule has 578 valence electrons. The molecule has 1 fully saturated rings. The van der Waals surface area contributed by atoms with E-state index in [-0.39, 0.29) is 129 Å². The molecule has 1 aromatic rings. The van der Waals surface area contributed by atoms with Crippen LogP contribution in [-0.2, 0) is 67.1 Å². The van der Waals surface area contributed by atoms with Crippen LogP contribution in [0.15, 0.2) is 24.3 Å². The summed E-state index contributed by atoms with van der Waals surface area (Å²) in [6.07, 6.45) is -3.85. The molecule has 17 N–H and O–H groups in total. The summed E-state index contributed by atoms with van der Waals surface area (Å²) in [5, 5.41) is 105. The van der Waals surface area contributed by atoms with Gasteiger partial charge in [0.25, 0.3) is 14.3 Å². The lowest BCUT2D eigenvalue weighted by Crippen LogP contribution is -2.58. The number of rotatable bonds is 44. The van der Waals surface area contributed by atoms with E-state index in [9.17, 15) is 118 Å². The molecule has 39 heteroatoms. The highest BCUT2D eigenvalue weighted by Crippen LogP contribution is 2.51. The first kappa shape index (κ1) is 89.6. The fourth-order valence-corrected chi connectivity index (χ4v) is 16.2. The van der Waals surface area contributed by atoms with Crippen molar-refractivity contribution < 1.29 is 127 Å². The summed E-state index contributed by atoms with van der Waals surface area (Å²) in [5.74, 6) is -17.3. The number of carbonyl (C=O) groups is 16. The third-order valence-electron chi connectivity index (χ3n) is 16.9. The Balaban J connectivity index is 2.14. The standard InChI is InChI=1S/C64H101FN12O25Si/c1-63(2,3)103(65,64(4,5)6)40-17-15-39(16-18-40)55(90)68-35-45(70-50(81)22-20-46(61(100)101)77-33-31-75(37-53(86)87)29-27-74(36-52(84)85)28-30-76(32-34-77)38-54(88)89)56(91)71-42(58(94)95)11-7-8-25-66-47(78)23-24-48(79)67-26-10-13-41(57(92)93)69-49(80)21-19-44(60(98)99)73-62(102)72-43(59(96)97)12-9-14-51(82)83/h15-18,41-46H,7-14,19-38H2,1-6H3,(H,66,78)(H,67,79)(H,68,90)(H,69,80)(H,70,81)(H,71,91)(H,82,83)(H,84,85)(H,86,87)(H,88,89)(H,92,93)(H,94,95)(H,96,97)(H,98,99)(H,100,101)(H2,72,73,102)/t41-,42-,43+,44+,45-,46+/m1/s1. The number of carbonyl (C=O) groups excluding carboxylic acids is 7. The van der Waals surface area contributed by atoms with E-state index in [4.69, 9.17) is 5.11 Å². The fourth-order valence-electron chi connectivity index (χ4n) is 11.6. The van der Waals surface area contributed by atoms with Gasteiger partial charge in [0.05, 0.1) is 19.6 Å². The van der Waals surface area contributed by atoms with E-state index in [1.807, 2.05) is 10.6 Å². The highest BCUT2D eigenvalue weighted by Gasteiger charge is 2.56. The minimum atomic E-state index is -3.77. The van der Waals surface area contributed by atoms with E-state index in [1.54, 1.807) is 41.5 Å². The second kappa shape index (κ2) is 44.1. The van der Waals surface area contributed by atoms with E-state index >= 15 is 4.11 Å². The topological polar surface area (TPSA) is 564 Å². The van der Waals surface area contributed by atoms with Crippen LogP contribution >= 0.6 is 0 Å². The summed E-state index contributed by atoms with van der Waals surface area (Å²) in [6, 6.07) is -4.98. The van der Waals surface area contributed by atoms with Gasteiger partial charge in [0, 0.05) is 110 Å². The molecule has 1 aromatic carbocycles. The van der Waals surface area contributed by atoms with Crippen LogP contribution in [0.5, 0.6) is 0 Å². The molecule has 0 spiro atoms. The molecule has 2 rings (SSSR count). The van der Waals surface area contributed by atoms with Gasteiger partial charge in [-0.15, -0.1) is 0 Å². The number of urea groups is 1. The van der Waals surface area contributed by atoms with Gasteiger partial charge in [-0.25, -0.2) is 24.0 Å². The van der Waals surface area contributed by atoms with Gasteiger partial charge in [-0.2, -0.15) is 0 Å². The molecule has 0 aliphatic carbocycles. The molecular formula is C64H101FN12O25Si. The molecule has 0 radical (unpaired) electrons. The number of nitrogens with zero attached hydrogens (tertiary/aromatic N) is 4. The number of halogens is 1. The first-order valence-electron chi connectivity index (χ1n) is 33.5. The second-order valence-electron chi connectivity index (χ2n) is 26.9. The normalized spacial score (nSPS) is 15.6. The maximum absolute atomic E-state index is 17.1. The molecule has 0 aromatic heterocycles. The van der Waals surface area contributed by atoms with Crippen molar-refractivity contribution in [2.24, 2.45) is 0 Å². The van der Waals surface area contributed by atoms with Gasteiger partial charge in [0.1, 0.15) is 36.3 Å². The minimum absolute atomic E-state index is 0.00248. The monoisotopic (exact) mass is 1480 g/mol. The van der Waals surface area contributed by atoms with Gasteiger partial charge in [-0.3, -0.25) is 72.3 Å². The highest BCUT2D eigenvalue weighted by molar-refractivity contribution is 6.90. The zero-order valence-electron chi connectivity index (χ0n) is 58.8. The van der Waals surface area contributed by atoms with Crippen molar-refractivity contribution in [2.45, 2.75) is 178 Å². The Bertz CT molecular complexity index is 3070. The molecule has 0 unspecified atom stereocenters. The number of amides is 8. The smallest absolute Gasteiger partial charge is 0.326 e. The van der Waals surface area contributed by atoms with E-state index in [2.05, 4.69) is 31.9 Å². The zero-order chi connectivity index (χ0) is 78.0. The fraction of sp³-hybridized carbons (Fsp3) is 0.656. The van der Waals surface area contributed by atoms with Crippen molar-refractivity contribution in [3.05, 3.63) is 29.8 Å². The Labute approximate surface area is 594 Å². The molecule has 0 saturated carbocycles. The molecule has 6 atom stereocenters. The van der Waals surface area contributed by atoms with Crippen LogP contribution in [0.2, 0.25) is 10.1 Å². The average molecular weight is 1490 g/mol. The zero-order valence-corrected chi connectivity index (χ0v) is 59.8. The molecule has 103 heavy (non-hydrogen) atoms. The Hall–Kier alpha value is -9.47. The van der Waals surface area contributed by atoms with Crippen LogP contribution in [0.3, 0.4) is 0 Å². The van der Waals surface area contributed by atoms with E-state index < -0.39 is 208 Å². The van der Waals surface area contributed by atoms with Gasteiger partial charge in [0.15, 0.2) is 0 Å². The number of carboxylic acids is 9. The predicted molar refractivity (Wildman–Crippen MR) is 364 cm³/mol. The first-order valence-corrected chi connectivity index (χ1v) is 35.4. The number of aliphatic carboxylic acids is 9. The van der Waals surface area contributed by atoms with Gasteiger partial charge in [-0.05, 0) is 85.2 Å². The Morgan fingerprint density at radius 1 is 0.408 bits per heavy atom. The largest absolute Gasteiger partial charge is 0.481 e. The van der Waals surface area contributed by atoms with Gasteiger partial charge in [0.2, 0.25) is 29.5 Å². The number of carboxylic acid groups (broad SMARTS) is 9. The van der Waals surface area contributed by atoms with Crippen molar-refractivity contribution in [1.82, 2.24) is 62.1 Å². The first-order chi connectivity index (χ1) is 48.0. The Morgan fingerprint density at radius 2 is 0.796 bits per heavy atom. The number of nitrogens with one attached hydrogen (secondary N) is 8. The van der Waals surface area contributed by atoms with E-state index in [0.717, 1.165) is 0 Å². The van der Waals surface area contributed by atoms with Crippen LogP contribution in [0.4, 0.5) is 8.90 Å². The Kier molecular flexibility index (Phi) is 38.4.